The van der Waals surface area contributed by atoms with Crippen molar-refractivity contribution in [3.05, 3.63) is 0 Å². The molecule has 0 saturated heterocycles. The molecule has 0 bridgehead atoms. The van der Waals surface area contributed by atoms with Crippen LogP contribution in [0.15, 0.2) is 0 Å². The highest BCUT2D eigenvalue weighted by atomic mass is 16.1. The highest BCUT2D eigenvalue weighted by molar-refractivity contribution is 5.72. The van der Waals surface area contributed by atoms with Crippen molar-refractivity contribution >= 4 is 11.7 Å². The average molecular weight is 253 g/mol. The summed E-state index contributed by atoms with van der Waals surface area (Å²) in [6.45, 7) is 11.4. The third-order valence-electron chi connectivity index (χ3n) is 0.426. The molecule has 0 radical (unpaired) electrons. The number of hydrogen-bond acceptors (Lipinski definition) is 2. The quantitative estimate of drug-likeness (QED) is 0.736. The number of carbonyl (C=O) groups is 2. The maximum Gasteiger partial charge on any atom is 0.216 e. The summed E-state index contributed by atoms with van der Waals surface area (Å²) in [6.07, 6.45) is 1.25. The van der Waals surface area contributed by atoms with E-state index in [0.717, 1.165) is 6.54 Å². The summed E-state index contributed by atoms with van der Waals surface area (Å²) in [5, 5.41) is 2.57. The van der Waals surface area contributed by atoms with E-state index in [0.29, 0.717) is 0 Å². The highest BCUT2D eigenvalue weighted by Gasteiger charge is 1.78. The van der Waals surface area contributed by atoms with E-state index in [4.69, 9.17) is 0 Å². The zero-order valence-electron chi connectivity index (χ0n) is 9.73. The van der Waals surface area contributed by atoms with Gasteiger partial charge in [-0.3, -0.25) is 4.79 Å². The molecule has 0 aliphatic carbocycles. The molecular formula is C14H39NO2. The lowest BCUT2D eigenvalue weighted by molar-refractivity contribution is -0.119. The second-order valence-corrected chi connectivity index (χ2v) is 2.70. The van der Waals surface area contributed by atoms with E-state index in [1.165, 1.54) is 27.2 Å². The van der Waals surface area contributed by atoms with Crippen LogP contribution in [-0.2, 0) is 9.59 Å². The second kappa shape index (κ2) is 45.7. The van der Waals surface area contributed by atoms with Crippen molar-refractivity contribution in [2.24, 2.45) is 0 Å². The molecule has 1 amide bonds. The molecule has 0 aromatic carbocycles. The predicted molar refractivity (Wildman–Crippen MR) is 83.6 cm³/mol. The van der Waals surface area contributed by atoms with E-state index >= 15 is 0 Å². The molecule has 17 heavy (non-hydrogen) atoms. The Balaban J connectivity index is -0.0000000166. The minimum Gasteiger partial charge on any atom is -0.357 e. The number of hydrogen-bond donors (Lipinski definition) is 1. The number of amides is 1. The molecule has 0 aromatic heterocycles. The van der Waals surface area contributed by atoms with Gasteiger partial charge in [0.25, 0.3) is 0 Å². The lowest BCUT2D eigenvalue weighted by Crippen LogP contribution is -2.18. The monoisotopic (exact) mass is 253 g/mol. The second-order valence-electron chi connectivity index (χ2n) is 2.70. The summed E-state index contributed by atoms with van der Waals surface area (Å²) in [4.78, 5) is 19.4. The molecule has 0 saturated carbocycles. The summed E-state index contributed by atoms with van der Waals surface area (Å²) >= 11 is 0. The first-order chi connectivity index (χ1) is 5.92. The van der Waals surface area contributed by atoms with E-state index in [-0.39, 0.29) is 41.4 Å². The van der Waals surface area contributed by atoms with Crippen molar-refractivity contribution in [3.63, 3.8) is 0 Å². The van der Waals surface area contributed by atoms with Gasteiger partial charge in [-0.2, -0.15) is 0 Å². The molecule has 0 aliphatic heterocycles. The molecule has 0 rings (SSSR count). The van der Waals surface area contributed by atoms with E-state index in [1.807, 2.05) is 6.92 Å². The average Bonchev–Trinajstić information content (AvgIpc) is 1.86. The van der Waals surface area contributed by atoms with Crippen LogP contribution in [0.5, 0.6) is 0 Å². The molecular weight excluding hydrogens is 214 g/mol. The largest absolute Gasteiger partial charge is 0.357 e. The van der Waals surface area contributed by atoms with Crippen molar-refractivity contribution in [2.75, 3.05) is 6.54 Å². The highest BCUT2D eigenvalue weighted by Crippen LogP contribution is 1.56. The molecule has 0 aromatic rings. The Morgan fingerprint density at radius 1 is 0.824 bits per heavy atom. The van der Waals surface area contributed by atoms with Crippen LogP contribution in [0.1, 0.15) is 77.7 Å². The van der Waals surface area contributed by atoms with Gasteiger partial charge in [-0.1, -0.05) is 50.0 Å². The van der Waals surface area contributed by atoms with Gasteiger partial charge in [0.05, 0.1) is 0 Å². The van der Waals surface area contributed by atoms with Crippen LogP contribution < -0.4 is 5.32 Å². The molecule has 0 aliphatic rings. The first-order valence-corrected chi connectivity index (χ1v) is 4.63. The van der Waals surface area contributed by atoms with Crippen LogP contribution in [-0.4, -0.2) is 18.2 Å². The van der Waals surface area contributed by atoms with Crippen LogP contribution in [0.25, 0.3) is 0 Å². The molecule has 3 heteroatoms. The van der Waals surface area contributed by atoms with Gasteiger partial charge in [0, 0.05) is 13.5 Å². The lowest BCUT2D eigenvalue weighted by atomic mass is 10.6. The molecule has 3 nitrogen and oxygen atoms in total. The standard InChI is InChI=1S/C4H9NO.C3H6O.C3H8.4CH4/c1-3-5-4(2)6;1-3(2)4;1-3-2;;;;/h3H2,1-2H3,(H,5,6);1-2H3;3H2,1-2H3;4*1H4. The molecule has 0 spiro atoms. The fraction of sp³-hybridized carbons (Fsp3) is 0.857. The normalized spacial score (nSPS) is 5.29. The Morgan fingerprint density at radius 3 is 1.00 bits per heavy atom. The third kappa shape index (κ3) is 571. The maximum atomic E-state index is 9.93. The van der Waals surface area contributed by atoms with Gasteiger partial charge < -0.3 is 10.1 Å². The van der Waals surface area contributed by atoms with Crippen LogP contribution in [0, 0.1) is 0 Å². The third-order valence-corrected chi connectivity index (χ3v) is 0.426. The topological polar surface area (TPSA) is 46.2 Å². The van der Waals surface area contributed by atoms with Crippen LogP contribution in [0.2, 0.25) is 0 Å². The lowest BCUT2D eigenvalue weighted by Gasteiger charge is -1.88. The Labute approximate surface area is 111 Å². The summed E-state index contributed by atoms with van der Waals surface area (Å²) in [7, 11) is 0. The Bertz CT molecular complexity index is 119. The van der Waals surface area contributed by atoms with Gasteiger partial charge in [-0.25, -0.2) is 0 Å². The number of rotatable bonds is 1. The molecule has 112 valence electrons. The number of carbonyl (C=O) groups excluding carboxylic acids is 2. The van der Waals surface area contributed by atoms with Gasteiger partial charge >= 0.3 is 0 Å². The predicted octanol–water partition coefficient (Wildman–Crippen LogP) is 4.70. The van der Waals surface area contributed by atoms with E-state index < -0.39 is 0 Å². The van der Waals surface area contributed by atoms with E-state index in [1.54, 1.807) is 0 Å². The SMILES string of the molecule is C.C.C.C.CC(C)=O.CCC.CCNC(C)=O. The molecule has 0 atom stereocenters. The first-order valence-electron chi connectivity index (χ1n) is 4.63. The van der Waals surface area contributed by atoms with Crippen molar-refractivity contribution in [3.8, 4) is 0 Å². The molecule has 1 N–H and O–H groups in total. The van der Waals surface area contributed by atoms with Gasteiger partial charge in [0.1, 0.15) is 5.78 Å². The summed E-state index contributed by atoms with van der Waals surface area (Å²) in [5.41, 5.74) is 0. The number of nitrogens with one attached hydrogen (secondary N) is 1. The van der Waals surface area contributed by atoms with E-state index in [9.17, 15) is 9.59 Å². The molecule has 0 fully saturated rings. The minimum absolute atomic E-state index is 0. The van der Waals surface area contributed by atoms with Crippen LogP contribution >= 0.6 is 0 Å². The molecule has 0 heterocycles. The number of ketones is 1. The Morgan fingerprint density at radius 2 is 1.00 bits per heavy atom. The Kier molecular flexibility index (Phi) is 119. The zero-order chi connectivity index (χ0) is 11.3. The summed E-state index contributed by atoms with van der Waals surface area (Å²) in [5.74, 6) is 0.206. The van der Waals surface area contributed by atoms with Gasteiger partial charge in [0.2, 0.25) is 5.91 Å². The van der Waals surface area contributed by atoms with Crippen LogP contribution in [0.4, 0.5) is 0 Å². The summed E-state index contributed by atoms with van der Waals surface area (Å²) < 4.78 is 0. The summed E-state index contributed by atoms with van der Waals surface area (Å²) in [6, 6.07) is 0. The van der Waals surface area contributed by atoms with Crippen molar-refractivity contribution in [1.29, 1.82) is 0 Å². The van der Waals surface area contributed by atoms with Crippen molar-refractivity contribution in [1.82, 2.24) is 5.32 Å². The fourth-order valence-electron chi connectivity index (χ4n) is 0.249. The van der Waals surface area contributed by atoms with E-state index in [2.05, 4.69) is 19.2 Å². The van der Waals surface area contributed by atoms with Gasteiger partial charge in [0.15, 0.2) is 0 Å². The first kappa shape index (κ1) is 44.3. The van der Waals surface area contributed by atoms with Gasteiger partial charge in [-0.15, -0.1) is 0 Å². The minimum atomic E-state index is 0. The smallest absolute Gasteiger partial charge is 0.216 e. The van der Waals surface area contributed by atoms with Crippen molar-refractivity contribution in [2.45, 2.75) is 77.7 Å². The Hall–Kier alpha value is -0.860. The molecule has 0 unspecified atom stereocenters. The van der Waals surface area contributed by atoms with Crippen LogP contribution in [0.3, 0.4) is 0 Å². The number of Topliss-reactive ketones (excluding diaryl/α,β-unsaturated/α-hetero) is 1. The van der Waals surface area contributed by atoms with Crippen molar-refractivity contribution < 1.29 is 9.59 Å². The zero-order valence-corrected chi connectivity index (χ0v) is 9.73. The fourth-order valence-corrected chi connectivity index (χ4v) is 0.249. The van der Waals surface area contributed by atoms with Gasteiger partial charge in [-0.05, 0) is 20.8 Å². The maximum absolute atomic E-state index is 9.93.